The van der Waals surface area contributed by atoms with Gasteiger partial charge in [0.2, 0.25) is 0 Å². The van der Waals surface area contributed by atoms with E-state index in [0.29, 0.717) is 16.9 Å². The van der Waals surface area contributed by atoms with Gasteiger partial charge in [-0.2, -0.15) is 0 Å². The number of hydrogen-bond donors (Lipinski definition) is 2. The van der Waals surface area contributed by atoms with Crippen LogP contribution in [0, 0.1) is 0 Å². The number of para-hydroxylation sites is 1. The van der Waals surface area contributed by atoms with Crippen molar-refractivity contribution in [1.29, 1.82) is 0 Å². The minimum Gasteiger partial charge on any atom is -0.322 e. The highest BCUT2D eigenvalue weighted by molar-refractivity contribution is 9.10. The SMILES string of the molecule is O=C(Nc1ccccc1)c1ccnc(C(=O)Nc2ccc(Br)cc2)c1. The average molecular weight is 396 g/mol. The van der Waals surface area contributed by atoms with Crippen LogP contribution < -0.4 is 10.6 Å². The van der Waals surface area contributed by atoms with E-state index in [1.165, 1.54) is 12.3 Å². The lowest BCUT2D eigenvalue weighted by Crippen LogP contribution is -2.16. The second kappa shape index (κ2) is 7.72. The van der Waals surface area contributed by atoms with E-state index >= 15 is 0 Å². The number of carbonyl (C=O) groups excluding carboxylic acids is 2. The zero-order valence-corrected chi connectivity index (χ0v) is 14.7. The number of anilines is 2. The van der Waals surface area contributed by atoms with E-state index in [-0.39, 0.29) is 17.5 Å². The topological polar surface area (TPSA) is 71.1 Å². The molecule has 0 bridgehead atoms. The highest BCUT2D eigenvalue weighted by atomic mass is 79.9. The van der Waals surface area contributed by atoms with Crippen molar-refractivity contribution in [3.05, 3.63) is 88.7 Å². The van der Waals surface area contributed by atoms with E-state index in [0.717, 1.165) is 4.47 Å². The van der Waals surface area contributed by atoms with Crippen LogP contribution in [0.4, 0.5) is 11.4 Å². The molecular weight excluding hydrogens is 382 g/mol. The Kier molecular flexibility index (Phi) is 5.20. The van der Waals surface area contributed by atoms with Gasteiger partial charge in [0.25, 0.3) is 11.8 Å². The molecule has 6 heteroatoms. The molecule has 0 spiro atoms. The molecular formula is C19H14BrN3O2. The third-order valence-electron chi connectivity index (χ3n) is 3.39. The summed E-state index contributed by atoms with van der Waals surface area (Å²) in [6.07, 6.45) is 1.44. The molecule has 3 rings (SSSR count). The quantitative estimate of drug-likeness (QED) is 0.689. The first-order valence-electron chi connectivity index (χ1n) is 7.51. The Morgan fingerprint density at radius 3 is 2.16 bits per heavy atom. The van der Waals surface area contributed by atoms with Crippen molar-refractivity contribution in [1.82, 2.24) is 4.98 Å². The van der Waals surface area contributed by atoms with Gasteiger partial charge in [-0.15, -0.1) is 0 Å². The maximum absolute atomic E-state index is 12.3. The first-order valence-corrected chi connectivity index (χ1v) is 8.30. The van der Waals surface area contributed by atoms with E-state index in [4.69, 9.17) is 0 Å². The van der Waals surface area contributed by atoms with Crippen molar-refractivity contribution in [3.63, 3.8) is 0 Å². The van der Waals surface area contributed by atoms with Gasteiger partial charge in [0.15, 0.2) is 0 Å². The van der Waals surface area contributed by atoms with Crippen molar-refractivity contribution in [2.45, 2.75) is 0 Å². The molecule has 0 aliphatic carbocycles. The first kappa shape index (κ1) is 16.9. The number of carbonyl (C=O) groups is 2. The number of amides is 2. The number of nitrogens with one attached hydrogen (secondary N) is 2. The van der Waals surface area contributed by atoms with Crippen LogP contribution in [0.5, 0.6) is 0 Å². The second-order valence-corrected chi connectivity index (χ2v) is 6.13. The van der Waals surface area contributed by atoms with Gasteiger partial charge in [-0.05, 0) is 48.5 Å². The van der Waals surface area contributed by atoms with Crippen molar-refractivity contribution in [3.8, 4) is 0 Å². The lowest BCUT2D eigenvalue weighted by atomic mass is 10.2. The summed E-state index contributed by atoms with van der Waals surface area (Å²) in [6, 6.07) is 19.3. The molecule has 1 aromatic heterocycles. The molecule has 0 aliphatic rings. The monoisotopic (exact) mass is 395 g/mol. The van der Waals surface area contributed by atoms with Crippen molar-refractivity contribution in [2.75, 3.05) is 10.6 Å². The molecule has 0 saturated heterocycles. The summed E-state index contributed by atoms with van der Waals surface area (Å²) in [7, 11) is 0. The molecule has 25 heavy (non-hydrogen) atoms. The van der Waals surface area contributed by atoms with Gasteiger partial charge in [-0.25, -0.2) is 0 Å². The maximum atomic E-state index is 12.3. The van der Waals surface area contributed by atoms with E-state index in [1.807, 2.05) is 30.3 Å². The summed E-state index contributed by atoms with van der Waals surface area (Å²) in [5, 5.41) is 5.52. The van der Waals surface area contributed by atoms with Crippen LogP contribution in [-0.4, -0.2) is 16.8 Å². The van der Waals surface area contributed by atoms with Crippen LogP contribution in [0.25, 0.3) is 0 Å². The zero-order chi connectivity index (χ0) is 17.6. The van der Waals surface area contributed by atoms with Crippen LogP contribution in [-0.2, 0) is 0 Å². The number of pyridine rings is 1. The number of rotatable bonds is 4. The third kappa shape index (κ3) is 4.51. The molecule has 0 saturated carbocycles. The molecule has 0 unspecified atom stereocenters. The Morgan fingerprint density at radius 1 is 0.800 bits per heavy atom. The van der Waals surface area contributed by atoms with Crippen molar-refractivity contribution < 1.29 is 9.59 Å². The van der Waals surface area contributed by atoms with E-state index in [1.54, 1.807) is 30.3 Å². The molecule has 2 aromatic carbocycles. The van der Waals surface area contributed by atoms with Gasteiger partial charge in [-0.1, -0.05) is 34.1 Å². The third-order valence-corrected chi connectivity index (χ3v) is 3.92. The minimum absolute atomic E-state index is 0.170. The number of benzene rings is 2. The van der Waals surface area contributed by atoms with E-state index in [2.05, 4.69) is 31.5 Å². The number of halogens is 1. The van der Waals surface area contributed by atoms with E-state index in [9.17, 15) is 9.59 Å². The summed E-state index contributed by atoms with van der Waals surface area (Å²) in [4.78, 5) is 28.7. The number of hydrogen-bond acceptors (Lipinski definition) is 3. The van der Waals surface area contributed by atoms with Crippen LogP contribution in [0.1, 0.15) is 20.8 Å². The number of aromatic nitrogens is 1. The van der Waals surface area contributed by atoms with Crippen molar-refractivity contribution >= 4 is 39.1 Å². The summed E-state index contributed by atoms with van der Waals surface area (Å²) < 4.78 is 0.920. The fourth-order valence-electron chi connectivity index (χ4n) is 2.15. The highest BCUT2D eigenvalue weighted by Crippen LogP contribution is 2.15. The van der Waals surface area contributed by atoms with E-state index < -0.39 is 0 Å². The fraction of sp³-hybridized carbons (Fsp3) is 0. The molecule has 5 nitrogen and oxygen atoms in total. The Bertz CT molecular complexity index is 896. The predicted molar refractivity (Wildman–Crippen MR) is 101 cm³/mol. The van der Waals surface area contributed by atoms with Gasteiger partial charge in [0, 0.05) is 27.6 Å². The van der Waals surface area contributed by atoms with Gasteiger partial charge in [-0.3, -0.25) is 14.6 Å². The van der Waals surface area contributed by atoms with Gasteiger partial charge in [0.05, 0.1) is 0 Å². The van der Waals surface area contributed by atoms with Gasteiger partial charge in [0.1, 0.15) is 5.69 Å². The first-order chi connectivity index (χ1) is 12.1. The van der Waals surface area contributed by atoms with Gasteiger partial charge < -0.3 is 10.6 Å². The lowest BCUT2D eigenvalue weighted by molar-refractivity contribution is 0.102. The normalized spacial score (nSPS) is 10.1. The fourth-order valence-corrected chi connectivity index (χ4v) is 2.41. The Labute approximate surface area is 153 Å². The van der Waals surface area contributed by atoms with Crippen LogP contribution in [0.3, 0.4) is 0 Å². The standard InChI is InChI=1S/C19H14BrN3O2/c20-14-6-8-16(9-7-14)23-19(25)17-12-13(10-11-21-17)18(24)22-15-4-2-1-3-5-15/h1-12H,(H,22,24)(H,23,25). The molecule has 0 fully saturated rings. The lowest BCUT2D eigenvalue weighted by Gasteiger charge is -2.07. The maximum Gasteiger partial charge on any atom is 0.274 e. The Hall–Kier alpha value is -2.99. The second-order valence-electron chi connectivity index (χ2n) is 5.21. The smallest absolute Gasteiger partial charge is 0.274 e. The Morgan fingerprint density at radius 2 is 1.44 bits per heavy atom. The largest absolute Gasteiger partial charge is 0.322 e. The predicted octanol–water partition coefficient (Wildman–Crippen LogP) is 4.35. The molecule has 2 amide bonds. The van der Waals surface area contributed by atoms with Gasteiger partial charge >= 0.3 is 0 Å². The Balaban J connectivity index is 1.73. The molecule has 0 radical (unpaired) electrons. The van der Waals surface area contributed by atoms with Crippen molar-refractivity contribution in [2.24, 2.45) is 0 Å². The molecule has 124 valence electrons. The average Bonchev–Trinajstić information content (AvgIpc) is 2.64. The molecule has 1 heterocycles. The van der Waals surface area contributed by atoms with Crippen LogP contribution >= 0.6 is 15.9 Å². The summed E-state index contributed by atoms with van der Waals surface area (Å²) >= 11 is 3.34. The molecule has 3 aromatic rings. The summed E-state index contributed by atoms with van der Waals surface area (Å²) in [5.74, 6) is -0.678. The minimum atomic E-state index is -0.378. The molecule has 0 aliphatic heterocycles. The molecule has 0 atom stereocenters. The number of nitrogens with zero attached hydrogens (tertiary/aromatic N) is 1. The molecule has 2 N–H and O–H groups in total. The summed E-state index contributed by atoms with van der Waals surface area (Å²) in [5.41, 5.74) is 1.86. The van der Waals surface area contributed by atoms with Crippen LogP contribution in [0.15, 0.2) is 77.4 Å². The highest BCUT2D eigenvalue weighted by Gasteiger charge is 2.12. The van der Waals surface area contributed by atoms with Crippen LogP contribution in [0.2, 0.25) is 0 Å². The zero-order valence-electron chi connectivity index (χ0n) is 13.1. The summed E-state index contributed by atoms with van der Waals surface area (Å²) in [6.45, 7) is 0.